The lowest BCUT2D eigenvalue weighted by Gasteiger charge is -2.11. The summed E-state index contributed by atoms with van der Waals surface area (Å²) in [6.07, 6.45) is 1.29. The summed E-state index contributed by atoms with van der Waals surface area (Å²) in [5, 5.41) is 2.40. The van der Waals surface area contributed by atoms with Gasteiger partial charge in [-0.2, -0.15) is 0 Å². The highest BCUT2D eigenvalue weighted by Crippen LogP contribution is 2.19. The molecule has 2 rings (SSSR count). The summed E-state index contributed by atoms with van der Waals surface area (Å²) in [6.45, 7) is 0.251. The van der Waals surface area contributed by atoms with E-state index in [9.17, 15) is 17.2 Å². The molecule has 1 aromatic carbocycles. The van der Waals surface area contributed by atoms with E-state index in [0.29, 0.717) is 12.8 Å². The summed E-state index contributed by atoms with van der Waals surface area (Å²) in [7, 11) is -3.01. The first-order valence-electron chi connectivity index (χ1n) is 5.86. The fourth-order valence-corrected chi connectivity index (χ4v) is 3.95. The molecule has 1 aliphatic heterocycles. The van der Waals surface area contributed by atoms with Crippen molar-refractivity contribution in [1.82, 2.24) is 5.32 Å². The van der Waals surface area contributed by atoms with Crippen LogP contribution in [0.4, 0.5) is 8.78 Å². The van der Waals surface area contributed by atoms with E-state index >= 15 is 0 Å². The summed E-state index contributed by atoms with van der Waals surface area (Å²) < 4.78 is 49.7. The smallest absolute Gasteiger partial charge is 0.154 e. The molecule has 0 aliphatic carbocycles. The number of benzene rings is 1. The van der Waals surface area contributed by atoms with Crippen molar-refractivity contribution >= 4 is 9.84 Å². The predicted molar refractivity (Wildman–Crippen MR) is 64.9 cm³/mol. The van der Waals surface area contributed by atoms with Crippen LogP contribution >= 0.6 is 0 Å². The SMILES string of the molecule is O=S1(=O)CCC[C@@H]1CNCc1c(F)cccc1F. The van der Waals surface area contributed by atoms with Crippen molar-refractivity contribution < 1.29 is 17.2 Å². The fourth-order valence-electron chi connectivity index (χ4n) is 2.15. The maximum atomic E-state index is 13.3. The Hall–Kier alpha value is -1.01. The molecule has 0 unspecified atom stereocenters. The summed E-state index contributed by atoms with van der Waals surface area (Å²) >= 11 is 0. The molecule has 1 atom stereocenters. The molecule has 1 fully saturated rings. The molecule has 0 bridgehead atoms. The first-order valence-corrected chi connectivity index (χ1v) is 7.57. The van der Waals surface area contributed by atoms with E-state index in [1.165, 1.54) is 18.2 Å². The minimum atomic E-state index is -3.01. The first-order chi connectivity index (χ1) is 8.50. The molecule has 3 nitrogen and oxygen atoms in total. The Kier molecular flexibility index (Phi) is 3.97. The van der Waals surface area contributed by atoms with Crippen LogP contribution in [0.25, 0.3) is 0 Å². The van der Waals surface area contributed by atoms with E-state index in [2.05, 4.69) is 5.32 Å². The van der Waals surface area contributed by atoms with Crippen LogP contribution in [0, 0.1) is 11.6 Å². The summed E-state index contributed by atoms with van der Waals surface area (Å²) in [6, 6.07) is 3.68. The number of sulfone groups is 1. The normalized spacial score (nSPS) is 22.2. The average Bonchev–Trinajstić information content (AvgIpc) is 2.62. The van der Waals surface area contributed by atoms with Crippen molar-refractivity contribution in [2.75, 3.05) is 12.3 Å². The molecule has 0 saturated carbocycles. The van der Waals surface area contributed by atoms with Gasteiger partial charge in [-0.1, -0.05) is 6.07 Å². The van der Waals surface area contributed by atoms with Crippen molar-refractivity contribution in [2.24, 2.45) is 0 Å². The zero-order valence-corrected chi connectivity index (χ0v) is 10.6. The standard InChI is InChI=1S/C12H15F2NO2S/c13-11-4-1-5-12(14)10(11)8-15-7-9-3-2-6-18(9,16)17/h1,4-5,9,15H,2-3,6-8H2/t9-/m1/s1. The number of rotatable bonds is 4. The van der Waals surface area contributed by atoms with Crippen molar-refractivity contribution in [2.45, 2.75) is 24.6 Å². The van der Waals surface area contributed by atoms with Crippen LogP contribution < -0.4 is 5.32 Å². The maximum absolute atomic E-state index is 13.3. The highest BCUT2D eigenvalue weighted by atomic mass is 32.2. The summed E-state index contributed by atoms with van der Waals surface area (Å²) in [5.74, 6) is -1.01. The largest absolute Gasteiger partial charge is 0.311 e. The van der Waals surface area contributed by atoms with Gasteiger partial charge in [-0.15, -0.1) is 0 Å². The first kappa shape index (κ1) is 13.4. The lowest BCUT2D eigenvalue weighted by molar-refractivity contribution is 0.528. The third-order valence-corrected chi connectivity index (χ3v) is 5.47. The van der Waals surface area contributed by atoms with Gasteiger partial charge in [-0.05, 0) is 25.0 Å². The van der Waals surface area contributed by atoms with E-state index in [4.69, 9.17) is 0 Å². The zero-order valence-electron chi connectivity index (χ0n) is 9.83. The van der Waals surface area contributed by atoms with Gasteiger partial charge in [0.25, 0.3) is 0 Å². The number of halogens is 2. The van der Waals surface area contributed by atoms with Crippen LogP contribution in [-0.4, -0.2) is 26.0 Å². The van der Waals surface area contributed by atoms with Gasteiger partial charge in [-0.25, -0.2) is 17.2 Å². The van der Waals surface area contributed by atoms with Gasteiger partial charge >= 0.3 is 0 Å². The minimum Gasteiger partial charge on any atom is -0.311 e. The van der Waals surface area contributed by atoms with E-state index in [1.54, 1.807) is 0 Å². The maximum Gasteiger partial charge on any atom is 0.154 e. The fraction of sp³-hybridized carbons (Fsp3) is 0.500. The highest BCUT2D eigenvalue weighted by Gasteiger charge is 2.30. The molecule has 1 N–H and O–H groups in total. The van der Waals surface area contributed by atoms with Crippen LogP contribution in [0.1, 0.15) is 18.4 Å². The molecule has 0 radical (unpaired) electrons. The molecule has 18 heavy (non-hydrogen) atoms. The molecule has 0 spiro atoms. The quantitative estimate of drug-likeness (QED) is 0.908. The Balaban J connectivity index is 1.93. The number of hydrogen-bond donors (Lipinski definition) is 1. The lowest BCUT2D eigenvalue weighted by Crippen LogP contribution is -2.30. The predicted octanol–water partition coefficient (Wildman–Crippen LogP) is 1.63. The Morgan fingerprint density at radius 3 is 2.50 bits per heavy atom. The number of nitrogens with one attached hydrogen (secondary N) is 1. The topological polar surface area (TPSA) is 46.2 Å². The van der Waals surface area contributed by atoms with Crippen LogP contribution in [0.3, 0.4) is 0 Å². The summed E-state index contributed by atoms with van der Waals surface area (Å²) in [4.78, 5) is 0. The third-order valence-electron chi connectivity index (χ3n) is 3.20. The molecule has 100 valence electrons. The molecule has 0 aromatic heterocycles. The Labute approximate surface area is 105 Å². The van der Waals surface area contributed by atoms with Gasteiger partial charge in [0.2, 0.25) is 0 Å². The van der Waals surface area contributed by atoms with E-state index < -0.39 is 26.7 Å². The average molecular weight is 275 g/mol. The lowest BCUT2D eigenvalue weighted by atomic mass is 10.2. The summed E-state index contributed by atoms with van der Waals surface area (Å²) in [5.41, 5.74) is -0.0482. The second kappa shape index (κ2) is 5.32. The van der Waals surface area contributed by atoms with Crippen molar-refractivity contribution in [3.8, 4) is 0 Å². The Bertz CT molecular complexity index is 511. The Morgan fingerprint density at radius 2 is 1.94 bits per heavy atom. The van der Waals surface area contributed by atoms with E-state index in [1.807, 2.05) is 0 Å². The van der Waals surface area contributed by atoms with Crippen LogP contribution in [0.2, 0.25) is 0 Å². The molecule has 1 saturated heterocycles. The van der Waals surface area contributed by atoms with Crippen LogP contribution in [0.15, 0.2) is 18.2 Å². The monoisotopic (exact) mass is 275 g/mol. The van der Waals surface area contributed by atoms with Gasteiger partial charge < -0.3 is 5.32 Å². The second-order valence-corrected chi connectivity index (χ2v) is 6.86. The van der Waals surface area contributed by atoms with Gasteiger partial charge in [-0.3, -0.25) is 0 Å². The Morgan fingerprint density at radius 1 is 1.28 bits per heavy atom. The molecule has 1 aliphatic rings. The van der Waals surface area contributed by atoms with Gasteiger partial charge in [0.1, 0.15) is 11.6 Å². The zero-order chi connectivity index (χ0) is 13.2. The minimum absolute atomic E-state index is 0.00449. The van der Waals surface area contributed by atoms with Crippen molar-refractivity contribution in [3.63, 3.8) is 0 Å². The number of hydrogen-bond acceptors (Lipinski definition) is 3. The molecule has 1 heterocycles. The molecular weight excluding hydrogens is 260 g/mol. The van der Waals surface area contributed by atoms with E-state index in [-0.39, 0.29) is 24.4 Å². The molecular formula is C12H15F2NO2S. The third kappa shape index (κ3) is 2.87. The molecule has 6 heteroatoms. The van der Waals surface area contributed by atoms with Crippen LogP contribution in [-0.2, 0) is 16.4 Å². The van der Waals surface area contributed by atoms with Crippen molar-refractivity contribution in [1.29, 1.82) is 0 Å². The van der Waals surface area contributed by atoms with E-state index in [0.717, 1.165) is 0 Å². The highest BCUT2D eigenvalue weighted by molar-refractivity contribution is 7.92. The second-order valence-electron chi connectivity index (χ2n) is 4.46. The van der Waals surface area contributed by atoms with Gasteiger partial charge in [0, 0.05) is 18.7 Å². The molecule has 0 amide bonds. The van der Waals surface area contributed by atoms with Crippen LogP contribution in [0.5, 0.6) is 0 Å². The molecule has 1 aromatic rings. The van der Waals surface area contributed by atoms with Crippen molar-refractivity contribution in [3.05, 3.63) is 35.4 Å². The van der Waals surface area contributed by atoms with Gasteiger partial charge in [0.15, 0.2) is 9.84 Å². The van der Waals surface area contributed by atoms with Gasteiger partial charge in [0.05, 0.1) is 11.0 Å².